The molecule has 0 bridgehead atoms. The van der Waals surface area contributed by atoms with Crippen molar-refractivity contribution >= 4 is 5.95 Å². The third kappa shape index (κ3) is 3.41. The third-order valence-corrected chi connectivity index (χ3v) is 3.47. The van der Waals surface area contributed by atoms with E-state index in [1.54, 1.807) is 29.4 Å². The second-order valence-electron chi connectivity index (χ2n) is 5.06. The highest BCUT2D eigenvalue weighted by molar-refractivity contribution is 5.60. The Kier molecular flexibility index (Phi) is 3.89. The number of hydrogen-bond donors (Lipinski definition) is 0. The van der Waals surface area contributed by atoms with Gasteiger partial charge in [-0.1, -0.05) is 6.08 Å². The highest BCUT2D eigenvalue weighted by Gasteiger charge is 2.24. The smallest absolute Gasteiger partial charge is 0.337 e. The Balaban J connectivity index is 1.91. The number of pyridine rings is 1. The van der Waals surface area contributed by atoms with Crippen LogP contribution < -0.4 is 10.5 Å². The molecule has 8 heteroatoms. The molecule has 0 unspecified atom stereocenters. The monoisotopic (exact) mass is 322 g/mol. The van der Waals surface area contributed by atoms with Crippen LogP contribution in [0.25, 0.3) is 11.3 Å². The molecule has 0 spiro atoms. The quantitative estimate of drug-likeness (QED) is 0.813. The third-order valence-electron chi connectivity index (χ3n) is 3.47. The minimum Gasteiger partial charge on any atom is -0.337 e. The van der Waals surface area contributed by atoms with E-state index in [2.05, 4.69) is 9.97 Å². The molecule has 0 aliphatic carbocycles. The molecule has 1 aliphatic rings. The van der Waals surface area contributed by atoms with E-state index in [1.165, 1.54) is 10.6 Å². The topological polar surface area (TPSA) is 51.0 Å². The van der Waals surface area contributed by atoms with Crippen molar-refractivity contribution in [3.05, 3.63) is 53.1 Å². The summed E-state index contributed by atoms with van der Waals surface area (Å²) in [4.78, 5) is 22.1. The molecule has 5 nitrogen and oxygen atoms in total. The summed E-state index contributed by atoms with van der Waals surface area (Å²) < 4.78 is 38.0. The van der Waals surface area contributed by atoms with Gasteiger partial charge in [-0.05, 0) is 12.1 Å². The predicted octanol–water partition coefficient (Wildman–Crippen LogP) is 2.24. The fraction of sp³-hybridized carbons (Fsp3) is 0.267. The van der Waals surface area contributed by atoms with Crippen LogP contribution >= 0.6 is 0 Å². The maximum Gasteiger partial charge on any atom is 0.409 e. The molecule has 0 amide bonds. The molecule has 23 heavy (non-hydrogen) atoms. The van der Waals surface area contributed by atoms with Gasteiger partial charge in [0.15, 0.2) is 0 Å². The van der Waals surface area contributed by atoms with Crippen LogP contribution in [0.3, 0.4) is 0 Å². The molecule has 3 rings (SSSR count). The zero-order valence-electron chi connectivity index (χ0n) is 12.0. The van der Waals surface area contributed by atoms with Gasteiger partial charge in [0.1, 0.15) is 0 Å². The number of nitrogens with zero attached hydrogens (tertiary/aromatic N) is 4. The van der Waals surface area contributed by atoms with Crippen molar-refractivity contribution in [1.29, 1.82) is 0 Å². The molecule has 2 aromatic rings. The fourth-order valence-corrected chi connectivity index (χ4v) is 2.42. The number of aromatic nitrogens is 3. The number of halogens is 3. The van der Waals surface area contributed by atoms with Gasteiger partial charge in [-0.15, -0.1) is 0 Å². The lowest BCUT2D eigenvalue weighted by Gasteiger charge is -2.15. The normalized spacial score (nSPS) is 14.5. The van der Waals surface area contributed by atoms with Crippen molar-refractivity contribution in [3.63, 3.8) is 0 Å². The number of allylic oxidation sites excluding steroid dienone is 1. The molecule has 0 saturated heterocycles. The number of alkyl halides is 3. The summed E-state index contributed by atoms with van der Waals surface area (Å²) in [6.07, 6.45) is 0.0600. The van der Waals surface area contributed by atoms with Gasteiger partial charge in [0, 0.05) is 49.7 Å². The van der Waals surface area contributed by atoms with Crippen molar-refractivity contribution in [3.8, 4) is 11.3 Å². The van der Waals surface area contributed by atoms with E-state index < -0.39 is 6.18 Å². The van der Waals surface area contributed by atoms with Gasteiger partial charge in [-0.25, -0.2) is 4.98 Å². The second kappa shape index (κ2) is 5.86. The van der Waals surface area contributed by atoms with E-state index in [0.29, 0.717) is 24.7 Å². The van der Waals surface area contributed by atoms with Crippen molar-refractivity contribution in [2.24, 2.45) is 0 Å². The lowest BCUT2D eigenvalue weighted by atomic mass is 10.2. The van der Waals surface area contributed by atoms with Crippen molar-refractivity contribution in [2.45, 2.75) is 12.7 Å². The summed E-state index contributed by atoms with van der Waals surface area (Å²) in [7, 11) is 0. The molecule has 3 heterocycles. The van der Waals surface area contributed by atoms with Crippen molar-refractivity contribution < 1.29 is 13.2 Å². The summed E-state index contributed by atoms with van der Waals surface area (Å²) in [6.45, 7) is 0.910. The second-order valence-corrected chi connectivity index (χ2v) is 5.06. The Bertz CT molecular complexity index is 784. The van der Waals surface area contributed by atoms with E-state index in [0.717, 1.165) is 11.6 Å². The van der Waals surface area contributed by atoms with Crippen LogP contribution in [0.1, 0.15) is 0 Å². The molecule has 2 aromatic heterocycles. The Morgan fingerprint density at radius 3 is 2.65 bits per heavy atom. The first kappa shape index (κ1) is 15.3. The Morgan fingerprint density at radius 1 is 1.22 bits per heavy atom. The number of anilines is 1. The molecule has 0 saturated carbocycles. The molecule has 1 aliphatic heterocycles. The number of rotatable bonds is 3. The summed E-state index contributed by atoms with van der Waals surface area (Å²) in [5, 5.41) is 0. The van der Waals surface area contributed by atoms with E-state index in [1.807, 2.05) is 0 Å². The summed E-state index contributed by atoms with van der Waals surface area (Å²) in [5.74, 6) is 0.385. The lowest BCUT2D eigenvalue weighted by molar-refractivity contribution is -0.0799. The average Bonchev–Trinajstić information content (AvgIpc) is 2.91. The van der Waals surface area contributed by atoms with Gasteiger partial charge in [0.05, 0.1) is 5.69 Å². The lowest BCUT2D eigenvalue weighted by Crippen LogP contribution is -2.23. The molecule has 0 atom stereocenters. The Hall–Kier alpha value is -2.64. The van der Waals surface area contributed by atoms with E-state index in [9.17, 15) is 18.0 Å². The maximum atomic E-state index is 12.2. The van der Waals surface area contributed by atoms with Gasteiger partial charge in [0.25, 0.3) is 5.56 Å². The zero-order chi connectivity index (χ0) is 16.4. The van der Waals surface area contributed by atoms with Gasteiger partial charge in [-0.3, -0.25) is 14.3 Å². The van der Waals surface area contributed by atoms with Crippen LogP contribution in [-0.4, -0.2) is 33.8 Å². The van der Waals surface area contributed by atoms with E-state index in [4.69, 9.17) is 0 Å². The van der Waals surface area contributed by atoms with Crippen LogP contribution in [0.2, 0.25) is 0 Å². The van der Waals surface area contributed by atoms with Gasteiger partial charge >= 0.3 is 6.18 Å². The highest BCUT2D eigenvalue weighted by atomic mass is 19.4. The molecular formula is C15H13F3N4O. The number of fused-ring (bicyclic) bond motifs is 1. The highest BCUT2D eigenvalue weighted by Crippen LogP contribution is 2.22. The first-order valence-electron chi connectivity index (χ1n) is 6.96. The molecule has 0 N–H and O–H groups in total. The molecule has 0 aromatic carbocycles. The molecule has 0 fully saturated rings. The first-order chi connectivity index (χ1) is 10.9. The largest absolute Gasteiger partial charge is 0.409 e. The summed E-state index contributed by atoms with van der Waals surface area (Å²) in [5.41, 5.74) is 0.998. The van der Waals surface area contributed by atoms with Crippen LogP contribution in [0, 0.1) is 0 Å². The van der Waals surface area contributed by atoms with Crippen LogP contribution in [0.15, 0.2) is 47.5 Å². The zero-order valence-corrected chi connectivity index (χ0v) is 12.0. The average molecular weight is 322 g/mol. The summed E-state index contributed by atoms with van der Waals surface area (Å²) in [6, 6.07) is 4.87. The summed E-state index contributed by atoms with van der Waals surface area (Å²) >= 11 is 0. The maximum absolute atomic E-state index is 12.2. The molecule has 0 radical (unpaired) electrons. The predicted molar refractivity (Wildman–Crippen MR) is 79.1 cm³/mol. The number of hydrogen-bond acceptors (Lipinski definition) is 4. The standard InChI is InChI=1S/C15H13F3N4O/c16-15(17,18)4-1-7-21-8-9-22-13(23)10-12(20-14(21)22)11-2-5-19-6-3-11/h1-6,10H,7-9H2/b4-1+. The SMILES string of the molecule is O=c1cc(-c2ccncc2)nc2n1CCN2C/C=C/C(F)(F)F. The van der Waals surface area contributed by atoms with Gasteiger partial charge in [-0.2, -0.15) is 13.2 Å². The van der Waals surface area contributed by atoms with Gasteiger partial charge in [0.2, 0.25) is 5.95 Å². The minimum absolute atomic E-state index is 0.0474. The van der Waals surface area contributed by atoms with Crippen LogP contribution in [-0.2, 0) is 6.54 Å². The van der Waals surface area contributed by atoms with Crippen LogP contribution in [0.4, 0.5) is 19.1 Å². The van der Waals surface area contributed by atoms with Crippen molar-refractivity contribution in [2.75, 3.05) is 18.0 Å². The van der Waals surface area contributed by atoms with E-state index >= 15 is 0 Å². The van der Waals surface area contributed by atoms with Crippen LogP contribution in [0.5, 0.6) is 0 Å². The molecule has 120 valence electrons. The Morgan fingerprint density at radius 2 is 1.96 bits per heavy atom. The first-order valence-corrected chi connectivity index (χ1v) is 6.96. The fourth-order valence-electron chi connectivity index (χ4n) is 2.42. The molecular weight excluding hydrogens is 309 g/mol. The van der Waals surface area contributed by atoms with Crippen molar-refractivity contribution in [1.82, 2.24) is 14.5 Å². The van der Waals surface area contributed by atoms with E-state index in [-0.39, 0.29) is 18.2 Å². The minimum atomic E-state index is -4.34. The Labute approximate surface area is 129 Å². The van der Waals surface area contributed by atoms with Gasteiger partial charge < -0.3 is 4.90 Å².